The molecule has 0 aliphatic heterocycles. The van der Waals surface area contributed by atoms with Gasteiger partial charge in [0.25, 0.3) is 0 Å². The average Bonchev–Trinajstić information content (AvgIpc) is 2.82. The minimum Gasteiger partial charge on any atom is -0.477 e. The Bertz CT molecular complexity index is 527. The molecule has 2 aromatic heterocycles. The summed E-state index contributed by atoms with van der Waals surface area (Å²) in [5.74, 6) is -0.267. The molecule has 0 radical (unpaired) electrons. The number of aromatic carboxylic acids is 1. The summed E-state index contributed by atoms with van der Waals surface area (Å²) in [6.45, 7) is 3.80. The number of carbonyl (C=O) groups is 1. The summed E-state index contributed by atoms with van der Waals surface area (Å²) in [6, 6.07) is 1.84. The Morgan fingerprint density at radius 1 is 1.62 bits per heavy atom. The summed E-state index contributed by atoms with van der Waals surface area (Å²) >= 11 is 1.16. The Morgan fingerprint density at radius 3 is 2.81 bits per heavy atom. The van der Waals surface area contributed by atoms with Gasteiger partial charge >= 0.3 is 5.97 Å². The maximum absolute atomic E-state index is 11.0. The largest absolute Gasteiger partial charge is 0.477 e. The zero-order valence-corrected chi connectivity index (χ0v) is 9.80. The van der Waals surface area contributed by atoms with Crippen LogP contribution < -0.4 is 0 Å². The highest BCUT2D eigenvalue weighted by atomic mass is 32.1. The molecule has 5 heteroatoms. The first-order valence-corrected chi connectivity index (χ1v) is 5.72. The molecule has 0 atom stereocenters. The molecule has 2 rings (SSSR count). The smallest absolute Gasteiger partial charge is 0.347 e. The molecule has 2 heterocycles. The van der Waals surface area contributed by atoms with Gasteiger partial charge in [-0.25, -0.2) is 9.78 Å². The molecular weight excluding hydrogens is 226 g/mol. The fraction of sp³-hybridized carbons (Fsp3) is 0.273. The predicted octanol–water partition coefficient (Wildman–Crippen LogP) is 2.97. The lowest BCUT2D eigenvalue weighted by Crippen LogP contribution is -1.97. The third-order valence-corrected chi connectivity index (χ3v) is 3.37. The Hall–Kier alpha value is -1.62. The SMILES string of the molecule is CCc1nc(-c2occc2C)sc1C(=O)O. The molecule has 16 heavy (non-hydrogen) atoms. The van der Waals surface area contributed by atoms with Crippen molar-refractivity contribution in [3.05, 3.63) is 28.5 Å². The normalized spacial score (nSPS) is 10.6. The number of carboxylic acids is 1. The molecule has 0 unspecified atom stereocenters. The van der Waals surface area contributed by atoms with E-state index in [1.807, 2.05) is 19.9 Å². The average molecular weight is 237 g/mol. The Balaban J connectivity index is 2.52. The number of furan rings is 1. The highest BCUT2D eigenvalue weighted by Crippen LogP contribution is 2.31. The van der Waals surface area contributed by atoms with Crippen LogP contribution in [-0.2, 0) is 6.42 Å². The highest BCUT2D eigenvalue weighted by Gasteiger charge is 2.19. The molecule has 0 aliphatic rings. The summed E-state index contributed by atoms with van der Waals surface area (Å²) < 4.78 is 5.30. The van der Waals surface area contributed by atoms with Crippen molar-refractivity contribution < 1.29 is 14.3 Å². The van der Waals surface area contributed by atoms with Crippen LogP contribution in [0.2, 0.25) is 0 Å². The molecule has 2 aromatic rings. The van der Waals surface area contributed by atoms with Gasteiger partial charge in [-0.05, 0) is 25.0 Å². The van der Waals surface area contributed by atoms with Crippen LogP contribution in [0.1, 0.15) is 27.9 Å². The topological polar surface area (TPSA) is 63.3 Å². The molecule has 0 aromatic carbocycles. The standard InChI is InChI=1S/C11H11NO3S/c1-3-7-9(11(13)14)16-10(12-7)8-6(2)4-5-15-8/h4-5H,3H2,1-2H3,(H,13,14). The second-order valence-electron chi connectivity index (χ2n) is 3.39. The molecule has 0 saturated heterocycles. The van der Waals surface area contributed by atoms with E-state index in [0.29, 0.717) is 27.8 Å². The minimum absolute atomic E-state index is 0.299. The molecule has 84 valence electrons. The molecule has 0 amide bonds. The summed E-state index contributed by atoms with van der Waals surface area (Å²) in [5, 5.41) is 9.65. The lowest BCUT2D eigenvalue weighted by atomic mass is 10.3. The zero-order valence-electron chi connectivity index (χ0n) is 8.98. The number of hydrogen-bond donors (Lipinski definition) is 1. The van der Waals surface area contributed by atoms with Gasteiger partial charge < -0.3 is 9.52 Å². The number of hydrogen-bond acceptors (Lipinski definition) is 4. The van der Waals surface area contributed by atoms with Crippen LogP contribution in [-0.4, -0.2) is 16.1 Å². The van der Waals surface area contributed by atoms with Crippen molar-refractivity contribution in [3.8, 4) is 10.8 Å². The third-order valence-electron chi connectivity index (χ3n) is 2.28. The maximum Gasteiger partial charge on any atom is 0.347 e. The summed E-state index contributed by atoms with van der Waals surface area (Å²) in [6.07, 6.45) is 2.19. The van der Waals surface area contributed by atoms with Crippen LogP contribution in [0.5, 0.6) is 0 Å². The fourth-order valence-corrected chi connectivity index (χ4v) is 2.49. The predicted molar refractivity (Wildman–Crippen MR) is 60.9 cm³/mol. The van der Waals surface area contributed by atoms with Crippen molar-refractivity contribution in [1.29, 1.82) is 0 Å². The number of thiazole rings is 1. The molecule has 0 fully saturated rings. The van der Waals surface area contributed by atoms with E-state index in [-0.39, 0.29) is 0 Å². The molecule has 0 aliphatic carbocycles. The lowest BCUT2D eigenvalue weighted by Gasteiger charge is -1.90. The molecule has 4 nitrogen and oxygen atoms in total. The van der Waals surface area contributed by atoms with Crippen molar-refractivity contribution in [1.82, 2.24) is 4.98 Å². The van der Waals surface area contributed by atoms with Crippen LogP contribution in [0.15, 0.2) is 16.7 Å². The van der Waals surface area contributed by atoms with E-state index in [9.17, 15) is 4.79 Å². The van der Waals surface area contributed by atoms with Gasteiger partial charge in [0.05, 0.1) is 12.0 Å². The first kappa shape index (κ1) is 10.9. The van der Waals surface area contributed by atoms with Gasteiger partial charge in [-0.1, -0.05) is 6.92 Å². The van der Waals surface area contributed by atoms with E-state index < -0.39 is 5.97 Å². The maximum atomic E-state index is 11.0. The fourth-order valence-electron chi connectivity index (χ4n) is 1.45. The number of aryl methyl sites for hydroxylation is 2. The number of aromatic nitrogens is 1. The van der Waals surface area contributed by atoms with Gasteiger partial charge in [-0.2, -0.15) is 0 Å². The highest BCUT2D eigenvalue weighted by molar-refractivity contribution is 7.17. The van der Waals surface area contributed by atoms with Gasteiger partial charge in [0.2, 0.25) is 0 Å². The molecule has 0 bridgehead atoms. The van der Waals surface area contributed by atoms with Crippen molar-refractivity contribution in [3.63, 3.8) is 0 Å². The summed E-state index contributed by atoms with van der Waals surface area (Å²) in [7, 11) is 0. The molecule has 1 N–H and O–H groups in total. The monoisotopic (exact) mass is 237 g/mol. The van der Waals surface area contributed by atoms with Gasteiger partial charge in [0, 0.05) is 0 Å². The second kappa shape index (κ2) is 4.09. The Morgan fingerprint density at radius 2 is 2.38 bits per heavy atom. The van der Waals surface area contributed by atoms with E-state index in [1.165, 1.54) is 0 Å². The van der Waals surface area contributed by atoms with Gasteiger partial charge in [-0.15, -0.1) is 11.3 Å². The van der Waals surface area contributed by atoms with Gasteiger partial charge in [0.15, 0.2) is 10.8 Å². The first-order valence-electron chi connectivity index (χ1n) is 4.91. The number of nitrogens with zero attached hydrogens (tertiary/aromatic N) is 1. The Kier molecular flexibility index (Phi) is 2.78. The van der Waals surface area contributed by atoms with E-state index in [1.54, 1.807) is 6.26 Å². The van der Waals surface area contributed by atoms with Crippen molar-refractivity contribution >= 4 is 17.3 Å². The summed E-state index contributed by atoms with van der Waals surface area (Å²) in [5.41, 5.74) is 1.58. The molecule has 0 saturated carbocycles. The van der Waals surface area contributed by atoms with E-state index in [4.69, 9.17) is 9.52 Å². The van der Waals surface area contributed by atoms with Gasteiger partial charge in [-0.3, -0.25) is 0 Å². The van der Waals surface area contributed by atoms with E-state index in [2.05, 4.69) is 4.98 Å². The van der Waals surface area contributed by atoms with Crippen molar-refractivity contribution in [2.75, 3.05) is 0 Å². The third kappa shape index (κ3) is 1.74. The first-order chi connectivity index (χ1) is 7.63. The van der Waals surface area contributed by atoms with E-state index in [0.717, 1.165) is 16.9 Å². The minimum atomic E-state index is -0.926. The van der Waals surface area contributed by atoms with Crippen LogP contribution in [0.4, 0.5) is 0 Å². The molecule has 0 spiro atoms. The second-order valence-corrected chi connectivity index (χ2v) is 4.39. The van der Waals surface area contributed by atoms with Gasteiger partial charge in [0.1, 0.15) is 4.88 Å². The number of carboxylic acid groups (broad SMARTS) is 1. The van der Waals surface area contributed by atoms with Crippen LogP contribution in [0, 0.1) is 6.92 Å². The van der Waals surface area contributed by atoms with Crippen LogP contribution in [0.3, 0.4) is 0 Å². The zero-order chi connectivity index (χ0) is 11.7. The van der Waals surface area contributed by atoms with E-state index >= 15 is 0 Å². The quantitative estimate of drug-likeness (QED) is 0.891. The summed E-state index contributed by atoms with van der Waals surface area (Å²) in [4.78, 5) is 15.6. The van der Waals surface area contributed by atoms with Crippen LogP contribution in [0.25, 0.3) is 10.8 Å². The lowest BCUT2D eigenvalue weighted by molar-refractivity contribution is 0.0701. The van der Waals surface area contributed by atoms with Crippen molar-refractivity contribution in [2.45, 2.75) is 20.3 Å². The van der Waals surface area contributed by atoms with Crippen molar-refractivity contribution in [2.24, 2.45) is 0 Å². The number of rotatable bonds is 3. The van der Waals surface area contributed by atoms with Crippen LogP contribution >= 0.6 is 11.3 Å². The molecular formula is C11H11NO3S. The Labute approximate surface area is 96.6 Å².